The maximum atomic E-state index is 12.9. The summed E-state index contributed by atoms with van der Waals surface area (Å²) in [6, 6.07) is 10.3. The lowest BCUT2D eigenvalue weighted by Gasteiger charge is -2.13. The Kier molecular flexibility index (Phi) is 5.21. The van der Waals surface area contributed by atoms with Gasteiger partial charge in [0.15, 0.2) is 6.61 Å². The van der Waals surface area contributed by atoms with Crippen LogP contribution in [0.5, 0.6) is 5.75 Å². The smallest absolute Gasteiger partial charge is 0.422 e. The maximum absolute atomic E-state index is 12.9. The Hall–Kier alpha value is -3.34. The van der Waals surface area contributed by atoms with E-state index in [2.05, 4.69) is 15.0 Å². The first-order chi connectivity index (χ1) is 14.6. The zero-order valence-electron chi connectivity index (χ0n) is 16.2. The third kappa shape index (κ3) is 4.55. The number of benzene rings is 1. The van der Waals surface area contributed by atoms with Crippen molar-refractivity contribution < 1.29 is 26.3 Å². The number of aromatic amines is 1. The van der Waals surface area contributed by atoms with Crippen LogP contribution in [0.15, 0.2) is 60.1 Å². The fourth-order valence-corrected chi connectivity index (χ4v) is 4.34. The first-order valence-electron chi connectivity index (χ1n) is 9.12. The van der Waals surface area contributed by atoms with Crippen molar-refractivity contribution in [2.24, 2.45) is 0 Å². The summed E-state index contributed by atoms with van der Waals surface area (Å²) in [7, 11) is -3.94. The molecular weight excluding hydrogens is 433 g/mol. The number of hydrogen-bond donors (Lipinski definition) is 1. The molecule has 0 saturated carbocycles. The van der Waals surface area contributed by atoms with Crippen molar-refractivity contribution in [1.82, 2.24) is 19.5 Å². The van der Waals surface area contributed by atoms with Crippen LogP contribution in [0.4, 0.5) is 13.2 Å². The molecule has 0 unspecified atom stereocenters. The zero-order valence-corrected chi connectivity index (χ0v) is 17.0. The molecule has 0 bridgehead atoms. The molecule has 0 amide bonds. The number of nitrogens with one attached hydrogen (secondary N) is 1. The summed E-state index contributed by atoms with van der Waals surface area (Å²) >= 11 is 0. The summed E-state index contributed by atoms with van der Waals surface area (Å²) in [6.45, 7) is -0.0110. The largest absolute Gasteiger partial charge is 0.484 e. The normalized spacial score (nSPS) is 12.4. The van der Waals surface area contributed by atoms with Crippen molar-refractivity contribution >= 4 is 20.9 Å². The van der Waals surface area contributed by atoms with Gasteiger partial charge in [0.05, 0.1) is 16.7 Å². The third-order valence-corrected chi connectivity index (χ3v) is 6.05. The van der Waals surface area contributed by atoms with Crippen molar-refractivity contribution in [3.63, 3.8) is 0 Å². The number of halogens is 3. The highest BCUT2D eigenvalue weighted by atomic mass is 32.2. The molecule has 7 nitrogen and oxygen atoms in total. The molecule has 1 aromatic carbocycles. The Labute approximate surface area is 175 Å². The van der Waals surface area contributed by atoms with Crippen LogP contribution in [0.3, 0.4) is 0 Å². The Morgan fingerprint density at radius 1 is 1.16 bits per heavy atom. The van der Waals surface area contributed by atoms with Gasteiger partial charge in [0, 0.05) is 29.8 Å². The summed E-state index contributed by atoms with van der Waals surface area (Å²) in [6.07, 6.45) is 0.419. The molecule has 3 aromatic heterocycles. The van der Waals surface area contributed by atoms with Crippen LogP contribution in [0.1, 0.15) is 11.3 Å². The number of nitrogens with zero attached hydrogens (tertiary/aromatic N) is 3. The molecule has 162 valence electrons. The minimum absolute atomic E-state index is 0.0708. The van der Waals surface area contributed by atoms with Crippen molar-refractivity contribution in [3.8, 4) is 11.4 Å². The van der Waals surface area contributed by atoms with Crippen molar-refractivity contribution in [2.75, 3.05) is 6.61 Å². The van der Waals surface area contributed by atoms with Crippen LogP contribution in [0.2, 0.25) is 0 Å². The van der Waals surface area contributed by atoms with E-state index < -0.39 is 28.4 Å². The van der Waals surface area contributed by atoms with E-state index in [0.29, 0.717) is 11.0 Å². The highest BCUT2D eigenvalue weighted by Crippen LogP contribution is 2.26. The summed E-state index contributed by atoms with van der Waals surface area (Å²) in [5.41, 5.74) is 2.15. The SMILES string of the molecule is Cc1c(OCC(F)(F)F)ccnc1CS(=O)(=O)c1nc2cc(-n3cccc3)ccc2[nH]1. The van der Waals surface area contributed by atoms with E-state index in [1.807, 2.05) is 35.2 Å². The predicted octanol–water partition coefficient (Wildman–Crippen LogP) is 3.97. The van der Waals surface area contributed by atoms with Gasteiger partial charge in [-0.25, -0.2) is 13.4 Å². The summed E-state index contributed by atoms with van der Waals surface area (Å²) in [5.74, 6) is -0.606. The summed E-state index contributed by atoms with van der Waals surface area (Å²) in [4.78, 5) is 11.0. The molecule has 0 saturated heterocycles. The summed E-state index contributed by atoms with van der Waals surface area (Å²) in [5, 5.41) is -0.241. The Balaban J connectivity index is 1.61. The number of sulfone groups is 1. The third-order valence-electron chi connectivity index (χ3n) is 4.62. The van der Waals surface area contributed by atoms with Gasteiger partial charge in [-0.2, -0.15) is 13.2 Å². The number of pyridine rings is 1. The number of H-pyrrole nitrogens is 1. The van der Waals surface area contributed by atoms with Crippen molar-refractivity contribution in [2.45, 2.75) is 24.0 Å². The molecule has 0 radical (unpaired) electrons. The molecule has 0 atom stereocenters. The highest BCUT2D eigenvalue weighted by molar-refractivity contribution is 7.90. The van der Waals surface area contributed by atoms with E-state index in [4.69, 9.17) is 4.74 Å². The molecule has 31 heavy (non-hydrogen) atoms. The van der Waals surface area contributed by atoms with Crippen LogP contribution >= 0.6 is 0 Å². The molecule has 3 heterocycles. The number of fused-ring (bicyclic) bond motifs is 1. The summed E-state index contributed by atoms with van der Waals surface area (Å²) < 4.78 is 69.8. The van der Waals surface area contributed by atoms with Gasteiger partial charge in [0.2, 0.25) is 15.0 Å². The monoisotopic (exact) mass is 450 g/mol. The van der Waals surface area contributed by atoms with E-state index in [0.717, 1.165) is 5.69 Å². The van der Waals surface area contributed by atoms with Gasteiger partial charge >= 0.3 is 6.18 Å². The molecule has 0 aliphatic carbocycles. The number of rotatable bonds is 6. The first kappa shape index (κ1) is 20.9. The van der Waals surface area contributed by atoms with E-state index in [-0.39, 0.29) is 22.2 Å². The lowest BCUT2D eigenvalue weighted by atomic mass is 10.2. The fourth-order valence-electron chi connectivity index (χ4n) is 3.05. The molecule has 1 N–H and O–H groups in total. The Morgan fingerprint density at radius 2 is 1.90 bits per heavy atom. The van der Waals surface area contributed by atoms with Crippen LogP contribution < -0.4 is 4.74 Å². The average molecular weight is 450 g/mol. The lowest BCUT2D eigenvalue weighted by molar-refractivity contribution is -0.153. The number of ether oxygens (including phenoxy) is 1. The molecule has 0 spiro atoms. The van der Waals surface area contributed by atoms with E-state index in [1.54, 1.807) is 12.1 Å². The van der Waals surface area contributed by atoms with Crippen LogP contribution in [0.25, 0.3) is 16.7 Å². The quantitative estimate of drug-likeness (QED) is 0.480. The van der Waals surface area contributed by atoms with E-state index >= 15 is 0 Å². The average Bonchev–Trinajstić information content (AvgIpc) is 3.37. The van der Waals surface area contributed by atoms with Gasteiger partial charge in [-0.05, 0) is 43.3 Å². The minimum atomic E-state index is -4.50. The van der Waals surface area contributed by atoms with Gasteiger partial charge in [-0.3, -0.25) is 4.98 Å². The fraction of sp³-hybridized carbons (Fsp3) is 0.200. The molecule has 0 aliphatic rings. The minimum Gasteiger partial charge on any atom is -0.484 e. The predicted molar refractivity (Wildman–Crippen MR) is 107 cm³/mol. The van der Waals surface area contributed by atoms with Crippen LogP contribution in [-0.2, 0) is 15.6 Å². The van der Waals surface area contributed by atoms with Crippen molar-refractivity contribution in [1.29, 1.82) is 0 Å². The molecule has 0 aliphatic heterocycles. The Bertz CT molecular complexity index is 1330. The molecule has 11 heteroatoms. The second-order valence-electron chi connectivity index (χ2n) is 6.88. The second-order valence-corrected chi connectivity index (χ2v) is 8.78. The number of alkyl halides is 3. The Morgan fingerprint density at radius 3 is 2.61 bits per heavy atom. The number of imidazole rings is 1. The van der Waals surface area contributed by atoms with E-state index in [1.165, 1.54) is 19.2 Å². The van der Waals surface area contributed by atoms with Gasteiger partial charge < -0.3 is 14.3 Å². The molecule has 0 fully saturated rings. The second kappa shape index (κ2) is 7.73. The molecular formula is C20H17F3N4O3S. The van der Waals surface area contributed by atoms with Gasteiger partial charge in [0.25, 0.3) is 0 Å². The van der Waals surface area contributed by atoms with Crippen molar-refractivity contribution in [3.05, 3.63) is 66.2 Å². The molecule has 4 aromatic rings. The van der Waals surface area contributed by atoms with Gasteiger partial charge in [0.1, 0.15) is 11.5 Å². The van der Waals surface area contributed by atoms with Gasteiger partial charge in [-0.1, -0.05) is 0 Å². The standard InChI is InChI=1S/C20H17F3N4O3S/c1-13-17(24-7-6-18(13)30-12-20(21,22)23)11-31(28,29)19-25-15-5-4-14(10-16(15)26-19)27-8-2-3-9-27/h2-10H,11-12H2,1H3,(H,25,26). The maximum Gasteiger partial charge on any atom is 0.422 e. The van der Waals surface area contributed by atoms with Gasteiger partial charge in [-0.15, -0.1) is 0 Å². The van der Waals surface area contributed by atoms with E-state index in [9.17, 15) is 21.6 Å². The highest BCUT2D eigenvalue weighted by Gasteiger charge is 2.29. The van der Waals surface area contributed by atoms with Crippen LogP contribution in [0, 0.1) is 6.92 Å². The number of aromatic nitrogens is 4. The molecule has 4 rings (SSSR count). The zero-order chi connectivity index (χ0) is 22.2. The number of hydrogen-bond acceptors (Lipinski definition) is 5. The van der Waals surface area contributed by atoms with Crippen LogP contribution in [-0.4, -0.2) is 40.7 Å². The first-order valence-corrected chi connectivity index (χ1v) is 10.8. The topological polar surface area (TPSA) is 89.9 Å². The lowest BCUT2D eigenvalue weighted by Crippen LogP contribution is -2.20.